The number of hydrogen-bond acceptors (Lipinski definition) is 6. The van der Waals surface area contributed by atoms with Crippen molar-refractivity contribution in [2.75, 3.05) is 12.3 Å². The average Bonchev–Trinajstić information content (AvgIpc) is 2.59. The van der Waals surface area contributed by atoms with Crippen LogP contribution in [-0.4, -0.2) is 37.2 Å². The minimum absolute atomic E-state index is 0.0273. The number of benzene rings is 2. The molecule has 10 heteroatoms. The minimum atomic E-state index is -5.12. The Hall–Kier alpha value is -2.45. The van der Waals surface area contributed by atoms with Crippen LogP contribution in [0.3, 0.4) is 0 Å². The van der Waals surface area contributed by atoms with Crippen LogP contribution in [0.2, 0.25) is 0 Å². The van der Waals surface area contributed by atoms with E-state index < -0.39 is 12.2 Å². The number of nitrogens with zero attached hydrogens (tertiary/aromatic N) is 2. The molecular formula is C16H19N2O7P. The van der Waals surface area contributed by atoms with Gasteiger partial charge in [-0.05, 0) is 0 Å². The van der Waals surface area contributed by atoms with E-state index in [0.717, 1.165) is 0 Å². The first-order valence-electron chi connectivity index (χ1n) is 7.76. The summed E-state index contributed by atoms with van der Waals surface area (Å²) in [6, 6.07) is 11.3. The first-order chi connectivity index (χ1) is 12.0. The van der Waals surface area contributed by atoms with Crippen LogP contribution in [0.15, 0.2) is 48.5 Å². The second kappa shape index (κ2) is 7.43. The van der Waals surface area contributed by atoms with Crippen LogP contribution in [-0.2, 0) is 12.8 Å². The summed E-state index contributed by atoms with van der Waals surface area (Å²) in [4.78, 5) is 53.1. The number of rotatable bonds is 8. The van der Waals surface area contributed by atoms with E-state index in [1.165, 1.54) is 48.5 Å². The van der Waals surface area contributed by atoms with Gasteiger partial charge in [0.1, 0.15) is 0 Å². The van der Waals surface area contributed by atoms with Gasteiger partial charge < -0.3 is 0 Å². The zero-order valence-electron chi connectivity index (χ0n) is 13.8. The molecule has 0 saturated carbocycles. The normalized spacial score (nSPS) is 13.0. The molecule has 0 aliphatic carbocycles. The molecule has 3 N–H and O–H groups in total. The van der Waals surface area contributed by atoms with Crippen molar-refractivity contribution in [3.63, 3.8) is 0 Å². The van der Waals surface area contributed by atoms with Crippen LogP contribution in [0, 0.1) is 15.0 Å². The molecule has 0 unspecified atom stereocenters. The van der Waals surface area contributed by atoms with Crippen molar-refractivity contribution in [3.05, 3.63) is 74.7 Å². The molecule has 0 atom stereocenters. The SMILES string of the molecule is O=[N+]([O-])c1ccc(CCP([O-])(O)(O)CCc2ccc([N+](=O)O)cc2)cc1. The van der Waals surface area contributed by atoms with Gasteiger partial charge in [-0.1, -0.05) is 0 Å². The summed E-state index contributed by atoms with van der Waals surface area (Å²) >= 11 is 0. The maximum absolute atomic E-state index is 12.4. The zero-order valence-corrected chi connectivity index (χ0v) is 14.7. The average molecular weight is 382 g/mol. The van der Waals surface area contributed by atoms with Crippen LogP contribution in [0.4, 0.5) is 11.4 Å². The van der Waals surface area contributed by atoms with E-state index >= 15 is 0 Å². The number of nitro groups is 1. The predicted octanol–water partition coefficient (Wildman–Crippen LogP) is 1.82. The molecule has 0 aliphatic rings. The molecule has 0 amide bonds. The molecule has 0 saturated heterocycles. The van der Waals surface area contributed by atoms with Gasteiger partial charge in [0.2, 0.25) is 0 Å². The van der Waals surface area contributed by atoms with Gasteiger partial charge in [0.25, 0.3) is 0 Å². The Kier molecular flexibility index (Phi) is 5.68. The fraction of sp³-hybridized carbons (Fsp3) is 0.250. The monoisotopic (exact) mass is 382 g/mol. The second-order valence-electron chi connectivity index (χ2n) is 6.11. The van der Waals surface area contributed by atoms with Gasteiger partial charge in [0.05, 0.1) is 0 Å². The Bertz CT molecular complexity index is 733. The van der Waals surface area contributed by atoms with Gasteiger partial charge in [-0.2, -0.15) is 0 Å². The first kappa shape index (κ1) is 19.9. The molecule has 26 heavy (non-hydrogen) atoms. The van der Waals surface area contributed by atoms with E-state index in [9.17, 15) is 29.7 Å². The number of hydrogen-bond donors (Lipinski definition) is 3. The topological polar surface area (TPSA) is 147 Å². The summed E-state index contributed by atoms with van der Waals surface area (Å²) in [7, 11) is -5.12. The second-order valence-corrected chi connectivity index (χ2v) is 9.61. The van der Waals surface area contributed by atoms with Crippen LogP contribution in [0.5, 0.6) is 0 Å². The van der Waals surface area contributed by atoms with E-state index in [2.05, 4.69) is 0 Å². The van der Waals surface area contributed by atoms with Crippen LogP contribution in [0.1, 0.15) is 11.1 Å². The molecule has 0 bridgehead atoms. The third kappa shape index (κ3) is 5.82. The third-order valence-electron chi connectivity index (χ3n) is 4.00. The molecule has 0 radical (unpaired) electrons. The van der Waals surface area contributed by atoms with E-state index in [-0.39, 0.29) is 41.5 Å². The van der Waals surface area contributed by atoms with Crippen LogP contribution >= 0.6 is 7.28 Å². The van der Waals surface area contributed by atoms with E-state index in [4.69, 9.17) is 5.21 Å². The molecule has 2 rings (SSSR count). The Morgan fingerprint density at radius 1 is 0.808 bits per heavy atom. The number of aryl methyl sites for hydroxylation is 2. The van der Waals surface area contributed by atoms with Crippen molar-refractivity contribution >= 4 is 18.7 Å². The molecule has 9 nitrogen and oxygen atoms in total. The molecule has 2 aromatic rings. The summed E-state index contributed by atoms with van der Waals surface area (Å²) in [6.45, 7) is 0. The Balaban J connectivity index is 1.95. The molecule has 0 spiro atoms. The fourth-order valence-electron chi connectivity index (χ4n) is 2.39. The van der Waals surface area contributed by atoms with Gasteiger partial charge >= 0.3 is 148 Å². The summed E-state index contributed by atoms with van der Waals surface area (Å²) in [6.07, 6.45) is -0.523. The summed E-state index contributed by atoms with van der Waals surface area (Å²) in [5, 5.41) is 19.4. The molecule has 140 valence electrons. The van der Waals surface area contributed by atoms with E-state index in [0.29, 0.717) is 11.1 Å². The maximum atomic E-state index is 12.4. The Labute approximate surface area is 149 Å². The molecule has 0 aromatic heterocycles. The molecular weight excluding hydrogens is 363 g/mol. The van der Waals surface area contributed by atoms with Crippen molar-refractivity contribution in [1.29, 1.82) is 0 Å². The van der Waals surface area contributed by atoms with Gasteiger partial charge in [0, 0.05) is 0 Å². The van der Waals surface area contributed by atoms with E-state index in [1.807, 2.05) is 0 Å². The van der Waals surface area contributed by atoms with Crippen molar-refractivity contribution < 1.29 is 29.7 Å². The number of non-ortho nitro benzene ring substituents is 1. The van der Waals surface area contributed by atoms with Crippen molar-refractivity contribution in [1.82, 2.24) is 0 Å². The van der Waals surface area contributed by atoms with Gasteiger partial charge in [-0.25, -0.2) is 0 Å². The van der Waals surface area contributed by atoms with Gasteiger partial charge in [0.15, 0.2) is 0 Å². The molecule has 2 aromatic carbocycles. The summed E-state index contributed by atoms with van der Waals surface area (Å²) in [5.74, 6) is 0. The molecule has 0 aliphatic heterocycles. The summed E-state index contributed by atoms with van der Waals surface area (Å²) < 4.78 is 0. The predicted molar refractivity (Wildman–Crippen MR) is 93.1 cm³/mol. The van der Waals surface area contributed by atoms with Crippen molar-refractivity contribution in [3.8, 4) is 0 Å². The number of nitro benzene ring substituents is 1. The third-order valence-corrected chi connectivity index (χ3v) is 6.25. The summed E-state index contributed by atoms with van der Waals surface area (Å²) in [5.41, 5.74) is 1.18. The molecule has 0 fully saturated rings. The zero-order chi connectivity index (χ0) is 19.4. The van der Waals surface area contributed by atoms with E-state index in [1.54, 1.807) is 0 Å². The van der Waals surface area contributed by atoms with Crippen LogP contribution < -0.4 is 4.89 Å². The van der Waals surface area contributed by atoms with Crippen LogP contribution in [0.25, 0.3) is 0 Å². The first-order valence-corrected chi connectivity index (χ1v) is 10.2. The Morgan fingerprint density at radius 3 is 1.54 bits per heavy atom. The van der Waals surface area contributed by atoms with Crippen molar-refractivity contribution in [2.24, 2.45) is 0 Å². The van der Waals surface area contributed by atoms with Crippen molar-refractivity contribution in [2.45, 2.75) is 12.8 Å². The van der Waals surface area contributed by atoms with Gasteiger partial charge in [-0.3, -0.25) is 0 Å². The molecule has 0 heterocycles. The quantitative estimate of drug-likeness (QED) is 0.358. The van der Waals surface area contributed by atoms with Gasteiger partial charge in [-0.15, -0.1) is 0 Å². The fourth-order valence-corrected chi connectivity index (χ4v) is 4.03. The standard InChI is InChI=1S/C16H19N2O7P/c19-17(20)15-5-1-13(2-6-15)9-11-26(23,24,25)12-10-14-3-7-16(8-4-14)18(21)22/h1-8,23-24H,9-12H2,(H,19,20). The Morgan fingerprint density at radius 2 is 1.19 bits per heavy atom.